The third-order valence-corrected chi connectivity index (χ3v) is 3.61. The van der Waals surface area contributed by atoms with Crippen LogP contribution in [-0.4, -0.2) is 54.2 Å². The third kappa shape index (κ3) is 3.28. The molecule has 0 spiro atoms. The van der Waals surface area contributed by atoms with Crippen LogP contribution < -0.4 is 0 Å². The molecule has 3 nitrogen and oxygen atoms in total. The maximum atomic E-state index is 13.1. The molecule has 1 N–H and O–H groups in total. The lowest BCUT2D eigenvalue weighted by Gasteiger charge is -2.39. The zero-order chi connectivity index (χ0) is 13.1. The van der Waals surface area contributed by atoms with E-state index in [4.69, 9.17) is 0 Å². The summed E-state index contributed by atoms with van der Waals surface area (Å²) in [5.74, 6) is -0.294. The number of hydrogen-bond acceptors (Lipinski definition) is 3. The largest absolute Gasteiger partial charge is 0.387 e. The standard InChI is InChI=1S/C14H21FN2O/c1-11-9-16(2)6-7-17(11)10-14(18)12-4-3-5-13(15)8-12/h3-5,8,11,14,18H,6-7,9-10H2,1-2H3/t11-,14-/m1/s1. The van der Waals surface area contributed by atoms with E-state index < -0.39 is 6.10 Å². The van der Waals surface area contributed by atoms with E-state index in [9.17, 15) is 9.50 Å². The summed E-state index contributed by atoms with van der Waals surface area (Å²) in [7, 11) is 2.11. The van der Waals surface area contributed by atoms with Crippen molar-refractivity contribution in [2.75, 3.05) is 33.2 Å². The fraction of sp³-hybridized carbons (Fsp3) is 0.571. The predicted octanol–water partition coefficient (Wildman–Crippen LogP) is 1.49. The van der Waals surface area contributed by atoms with Crippen molar-refractivity contribution in [2.24, 2.45) is 0 Å². The summed E-state index contributed by atoms with van der Waals surface area (Å²) in [5.41, 5.74) is 0.654. The molecule has 1 aliphatic heterocycles. The fourth-order valence-electron chi connectivity index (χ4n) is 2.49. The van der Waals surface area contributed by atoms with Gasteiger partial charge >= 0.3 is 0 Å². The Morgan fingerprint density at radius 3 is 2.89 bits per heavy atom. The Morgan fingerprint density at radius 1 is 1.44 bits per heavy atom. The molecule has 1 aromatic carbocycles. The number of benzene rings is 1. The molecule has 1 aromatic rings. The van der Waals surface area contributed by atoms with Crippen molar-refractivity contribution < 1.29 is 9.50 Å². The molecule has 0 amide bonds. The molecule has 2 rings (SSSR count). The number of aliphatic hydroxyl groups is 1. The van der Waals surface area contributed by atoms with Gasteiger partial charge in [-0.25, -0.2) is 4.39 Å². The maximum absolute atomic E-state index is 13.1. The Hall–Kier alpha value is -0.970. The summed E-state index contributed by atoms with van der Waals surface area (Å²) in [6.45, 7) is 5.70. The Labute approximate surface area is 108 Å². The van der Waals surface area contributed by atoms with Crippen LogP contribution in [0.5, 0.6) is 0 Å². The Bertz CT molecular complexity index is 399. The Balaban J connectivity index is 1.97. The van der Waals surface area contributed by atoms with Crippen LogP contribution in [0.2, 0.25) is 0 Å². The van der Waals surface area contributed by atoms with Crippen LogP contribution >= 0.6 is 0 Å². The van der Waals surface area contributed by atoms with Gasteiger partial charge in [0.1, 0.15) is 5.82 Å². The number of halogens is 1. The molecular weight excluding hydrogens is 231 g/mol. The molecule has 1 saturated heterocycles. The van der Waals surface area contributed by atoms with Crippen molar-refractivity contribution in [3.63, 3.8) is 0 Å². The monoisotopic (exact) mass is 252 g/mol. The molecule has 0 aliphatic carbocycles. The van der Waals surface area contributed by atoms with Crippen LogP contribution in [0, 0.1) is 5.82 Å². The Morgan fingerprint density at radius 2 is 2.22 bits per heavy atom. The zero-order valence-electron chi connectivity index (χ0n) is 11.0. The highest BCUT2D eigenvalue weighted by Gasteiger charge is 2.23. The molecule has 4 heteroatoms. The highest BCUT2D eigenvalue weighted by molar-refractivity contribution is 5.19. The van der Waals surface area contributed by atoms with Gasteiger partial charge in [-0.1, -0.05) is 12.1 Å². The first-order chi connectivity index (χ1) is 8.56. The molecule has 0 aromatic heterocycles. The van der Waals surface area contributed by atoms with E-state index in [0.717, 1.165) is 19.6 Å². The zero-order valence-corrected chi connectivity index (χ0v) is 11.0. The summed E-state index contributed by atoms with van der Waals surface area (Å²) in [6, 6.07) is 6.64. The number of β-amino-alcohol motifs (C(OH)–C–C–N with tert-alkyl or cyclic N) is 1. The number of likely N-dealkylation sites (N-methyl/N-ethyl adjacent to an activating group) is 1. The van der Waals surface area contributed by atoms with Crippen molar-refractivity contribution in [3.8, 4) is 0 Å². The molecule has 0 bridgehead atoms. The first kappa shape index (κ1) is 13.5. The van der Waals surface area contributed by atoms with Crippen LogP contribution in [0.1, 0.15) is 18.6 Å². The lowest BCUT2D eigenvalue weighted by atomic mass is 10.1. The van der Waals surface area contributed by atoms with E-state index >= 15 is 0 Å². The van der Waals surface area contributed by atoms with Crippen LogP contribution in [0.15, 0.2) is 24.3 Å². The number of piperazine rings is 1. The van der Waals surface area contributed by atoms with Gasteiger partial charge in [0.15, 0.2) is 0 Å². The summed E-state index contributed by atoms with van der Waals surface area (Å²) in [5, 5.41) is 10.2. The summed E-state index contributed by atoms with van der Waals surface area (Å²) >= 11 is 0. The maximum Gasteiger partial charge on any atom is 0.123 e. The van der Waals surface area contributed by atoms with E-state index in [1.807, 2.05) is 0 Å². The van der Waals surface area contributed by atoms with Gasteiger partial charge in [0.25, 0.3) is 0 Å². The van der Waals surface area contributed by atoms with E-state index in [2.05, 4.69) is 23.8 Å². The molecule has 1 heterocycles. The van der Waals surface area contributed by atoms with Crippen molar-refractivity contribution >= 4 is 0 Å². The molecule has 0 saturated carbocycles. The minimum absolute atomic E-state index is 0.294. The van der Waals surface area contributed by atoms with Crippen LogP contribution in [0.25, 0.3) is 0 Å². The van der Waals surface area contributed by atoms with E-state index in [1.54, 1.807) is 12.1 Å². The summed E-state index contributed by atoms with van der Waals surface area (Å²) < 4.78 is 13.1. The fourth-order valence-corrected chi connectivity index (χ4v) is 2.49. The third-order valence-electron chi connectivity index (χ3n) is 3.61. The van der Waals surface area contributed by atoms with Crippen molar-refractivity contribution in [1.82, 2.24) is 9.80 Å². The second kappa shape index (κ2) is 5.78. The Kier molecular flexibility index (Phi) is 4.32. The molecule has 2 atom stereocenters. The summed E-state index contributed by atoms with van der Waals surface area (Å²) in [4.78, 5) is 4.55. The van der Waals surface area contributed by atoms with Gasteiger partial charge in [-0.15, -0.1) is 0 Å². The van der Waals surface area contributed by atoms with Gasteiger partial charge in [0.2, 0.25) is 0 Å². The van der Waals surface area contributed by atoms with Gasteiger partial charge in [0, 0.05) is 32.2 Å². The highest BCUT2D eigenvalue weighted by Crippen LogP contribution is 2.18. The number of rotatable bonds is 3. The average Bonchev–Trinajstić information content (AvgIpc) is 2.32. The van der Waals surface area contributed by atoms with Gasteiger partial charge < -0.3 is 10.0 Å². The quantitative estimate of drug-likeness (QED) is 0.883. The molecule has 1 aliphatic rings. The smallest absolute Gasteiger partial charge is 0.123 e. The molecule has 18 heavy (non-hydrogen) atoms. The highest BCUT2D eigenvalue weighted by atomic mass is 19.1. The first-order valence-corrected chi connectivity index (χ1v) is 6.42. The number of aliphatic hydroxyl groups excluding tert-OH is 1. The summed E-state index contributed by atoms with van der Waals surface area (Å²) in [6.07, 6.45) is -0.619. The van der Waals surface area contributed by atoms with Crippen LogP contribution in [0.3, 0.4) is 0 Å². The second-order valence-corrected chi connectivity index (χ2v) is 5.18. The first-order valence-electron chi connectivity index (χ1n) is 6.42. The molecule has 100 valence electrons. The topological polar surface area (TPSA) is 26.7 Å². The van der Waals surface area contributed by atoms with Crippen molar-refractivity contribution in [2.45, 2.75) is 19.1 Å². The minimum atomic E-state index is -0.619. The number of nitrogens with zero attached hydrogens (tertiary/aromatic N) is 2. The van der Waals surface area contributed by atoms with Gasteiger partial charge in [-0.05, 0) is 31.7 Å². The molecular formula is C14H21FN2O. The van der Waals surface area contributed by atoms with Crippen molar-refractivity contribution in [3.05, 3.63) is 35.6 Å². The molecule has 0 radical (unpaired) electrons. The van der Waals surface area contributed by atoms with Crippen LogP contribution in [0.4, 0.5) is 4.39 Å². The van der Waals surface area contributed by atoms with Crippen LogP contribution in [-0.2, 0) is 0 Å². The van der Waals surface area contributed by atoms with Crippen molar-refractivity contribution in [1.29, 1.82) is 0 Å². The molecule has 0 unspecified atom stereocenters. The lowest BCUT2D eigenvalue weighted by Crippen LogP contribution is -2.51. The lowest BCUT2D eigenvalue weighted by molar-refractivity contribution is 0.0473. The molecule has 1 fully saturated rings. The predicted molar refractivity (Wildman–Crippen MR) is 69.9 cm³/mol. The van der Waals surface area contributed by atoms with Gasteiger partial charge in [0.05, 0.1) is 6.10 Å². The van der Waals surface area contributed by atoms with E-state index in [-0.39, 0.29) is 5.82 Å². The average molecular weight is 252 g/mol. The second-order valence-electron chi connectivity index (χ2n) is 5.18. The minimum Gasteiger partial charge on any atom is -0.387 e. The normalized spacial score (nSPS) is 24.1. The van der Waals surface area contributed by atoms with E-state index in [0.29, 0.717) is 18.2 Å². The van der Waals surface area contributed by atoms with E-state index in [1.165, 1.54) is 12.1 Å². The van der Waals surface area contributed by atoms with Gasteiger partial charge in [-0.3, -0.25) is 4.90 Å². The SMILES string of the molecule is C[C@@H]1CN(C)CCN1C[C@@H](O)c1cccc(F)c1. The van der Waals surface area contributed by atoms with Gasteiger partial charge in [-0.2, -0.15) is 0 Å². The number of hydrogen-bond donors (Lipinski definition) is 1.